The SMILES string of the molecule is O=C(CC1C2CC3CC1CC(O)(C3)C2)c1csc(CCCc2cccnc2)n1. The average Bonchev–Trinajstić information content (AvgIpc) is 3.13. The molecule has 5 heteroatoms. The van der Waals surface area contributed by atoms with Crippen molar-refractivity contribution in [1.82, 2.24) is 9.97 Å². The van der Waals surface area contributed by atoms with E-state index in [0.29, 0.717) is 35.8 Å². The Morgan fingerprint density at radius 2 is 2.04 bits per heavy atom. The summed E-state index contributed by atoms with van der Waals surface area (Å²) in [5, 5.41) is 13.8. The Bertz CT molecular complexity index is 833. The molecule has 0 spiro atoms. The fourth-order valence-corrected chi connectivity index (χ4v) is 7.13. The molecule has 4 aliphatic rings. The molecule has 4 aliphatic carbocycles. The summed E-state index contributed by atoms with van der Waals surface area (Å²) in [5.41, 5.74) is 1.49. The van der Waals surface area contributed by atoms with Crippen molar-refractivity contribution in [3.63, 3.8) is 0 Å². The fourth-order valence-electron chi connectivity index (χ4n) is 6.28. The number of aliphatic hydroxyl groups is 1. The lowest BCUT2D eigenvalue weighted by Crippen LogP contribution is -2.54. The maximum absolute atomic E-state index is 12.9. The minimum atomic E-state index is -0.419. The van der Waals surface area contributed by atoms with Gasteiger partial charge in [0, 0.05) is 24.2 Å². The Labute approximate surface area is 170 Å². The van der Waals surface area contributed by atoms with Gasteiger partial charge >= 0.3 is 0 Å². The largest absolute Gasteiger partial charge is 0.390 e. The summed E-state index contributed by atoms with van der Waals surface area (Å²) in [4.78, 5) is 21.7. The molecule has 2 atom stereocenters. The van der Waals surface area contributed by atoms with E-state index in [1.165, 1.54) is 18.4 Å². The van der Waals surface area contributed by atoms with E-state index in [4.69, 9.17) is 0 Å². The van der Waals surface area contributed by atoms with E-state index in [-0.39, 0.29) is 5.78 Å². The standard InChI is InChI=1S/C23H28N2O2S/c26-21(9-19-17-7-16-8-18(19)12-23(27,10-16)11-17)20-14-28-22(25-20)5-1-3-15-4-2-6-24-13-15/h2,4,6,13-14,16-19,27H,1,3,5,7-12H2. The van der Waals surface area contributed by atoms with Gasteiger partial charge in [0.2, 0.25) is 0 Å². The fraction of sp³-hybridized carbons (Fsp3) is 0.609. The third-order valence-electron chi connectivity index (χ3n) is 7.27. The van der Waals surface area contributed by atoms with Crippen LogP contribution >= 0.6 is 11.3 Å². The molecule has 0 radical (unpaired) electrons. The molecule has 4 fully saturated rings. The second-order valence-corrected chi connectivity index (χ2v) is 10.3. The Morgan fingerprint density at radius 3 is 2.75 bits per heavy atom. The third-order valence-corrected chi connectivity index (χ3v) is 8.18. The van der Waals surface area contributed by atoms with Gasteiger partial charge in [0.25, 0.3) is 0 Å². The number of Topliss-reactive ketones (excluding diaryl/α,β-unsaturated/α-hetero) is 1. The van der Waals surface area contributed by atoms with E-state index < -0.39 is 5.60 Å². The van der Waals surface area contributed by atoms with Crippen molar-refractivity contribution < 1.29 is 9.90 Å². The summed E-state index contributed by atoms with van der Waals surface area (Å²) in [5.74, 6) is 2.44. The maximum atomic E-state index is 12.9. The number of aromatic nitrogens is 2. The van der Waals surface area contributed by atoms with Crippen LogP contribution in [0.25, 0.3) is 0 Å². The molecule has 0 amide bonds. The van der Waals surface area contributed by atoms with Crippen molar-refractivity contribution in [2.75, 3.05) is 0 Å². The number of hydrogen-bond acceptors (Lipinski definition) is 5. The first-order valence-corrected chi connectivity index (χ1v) is 11.5. The minimum Gasteiger partial charge on any atom is -0.390 e. The number of nitrogens with zero attached hydrogens (tertiary/aromatic N) is 2. The lowest BCUT2D eigenvalue weighted by Gasteiger charge is -2.58. The van der Waals surface area contributed by atoms with Crippen molar-refractivity contribution in [3.8, 4) is 0 Å². The van der Waals surface area contributed by atoms with Crippen LogP contribution in [0.4, 0.5) is 0 Å². The van der Waals surface area contributed by atoms with Crippen LogP contribution in [0.1, 0.15) is 66.0 Å². The predicted octanol–water partition coefficient (Wildman–Crippen LogP) is 4.47. The summed E-state index contributed by atoms with van der Waals surface area (Å²) < 4.78 is 0. The first-order chi connectivity index (χ1) is 13.6. The first-order valence-electron chi connectivity index (χ1n) is 10.7. The molecule has 2 aromatic heterocycles. The van der Waals surface area contributed by atoms with Crippen LogP contribution in [0.2, 0.25) is 0 Å². The molecule has 0 aromatic carbocycles. The van der Waals surface area contributed by atoms with Crippen LogP contribution in [0.5, 0.6) is 0 Å². The topological polar surface area (TPSA) is 63.1 Å². The summed E-state index contributed by atoms with van der Waals surface area (Å²) in [6.07, 6.45) is 12.5. The molecule has 28 heavy (non-hydrogen) atoms. The number of aryl methyl sites for hydroxylation is 2. The lowest BCUT2D eigenvalue weighted by atomic mass is 9.49. The molecule has 0 aliphatic heterocycles. The zero-order valence-electron chi connectivity index (χ0n) is 16.2. The van der Waals surface area contributed by atoms with Crippen molar-refractivity contribution >= 4 is 17.1 Å². The quantitative estimate of drug-likeness (QED) is 0.701. The second kappa shape index (κ2) is 7.34. The van der Waals surface area contributed by atoms with Gasteiger partial charge in [0.15, 0.2) is 5.78 Å². The first kappa shape index (κ1) is 18.4. The van der Waals surface area contributed by atoms with E-state index in [0.717, 1.165) is 43.5 Å². The maximum Gasteiger partial charge on any atom is 0.182 e. The molecular weight excluding hydrogens is 368 g/mol. The van der Waals surface area contributed by atoms with Crippen molar-refractivity contribution in [2.24, 2.45) is 23.7 Å². The Balaban J connectivity index is 1.17. The summed E-state index contributed by atoms with van der Waals surface area (Å²) in [6, 6.07) is 4.07. The Morgan fingerprint density at radius 1 is 1.21 bits per heavy atom. The zero-order valence-corrected chi connectivity index (χ0v) is 17.0. The molecule has 2 heterocycles. The number of thiazole rings is 1. The van der Waals surface area contributed by atoms with Gasteiger partial charge in [-0.2, -0.15) is 0 Å². The van der Waals surface area contributed by atoms with E-state index in [1.54, 1.807) is 17.5 Å². The van der Waals surface area contributed by atoms with Crippen LogP contribution in [0, 0.1) is 23.7 Å². The summed E-state index contributed by atoms with van der Waals surface area (Å²) in [6.45, 7) is 0. The zero-order chi connectivity index (χ0) is 19.1. The number of ketones is 1. The van der Waals surface area contributed by atoms with Gasteiger partial charge in [0.1, 0.15) is 5.69 Å². The Kier molecular flexibility index (Phi) is 4.84. The minimum absolute atomic E-state index is 0.208. The smallest absolute Gasteiger partial charge is 0.182 e. The highest BCUT2D eigenvalue weighted by Gasteiger charge is 2.54. The van der Waals surface area contributed by atoms with Crippen LogP contribution in [0.15, 0.2) is 29.9 Å². The van der Waals surface area contributed by atoms with Crippen molar-refractivity contribution in [1.29, 1.82) is 0 Å². The van der Waals surface area contributed by atoms with Gasteiger partial charge in [-0.1, -0.05) is 6.07 Å². The number of hydrogen-bond donors (Lipinski definition) is 1. The lowest BCUT2D eigenvalue weighted by molar-refractivity contribution is -0.151. The molecule has 4 bridgehead atoms. The van der Waals surface area contributed by atoms with Crippen LogP contribution in [-0.2, 0) is 12.8 Å². The Hall–Kier alpha value is -1.59. The van der Waals surface area contributed by atoms with Gasteiger partial charge in [-0.3, -0.25) is 9.78 Å². The average molecular weight is 397 g/mol. The molecule has 6 rings (SSSR count). The van der Waals surface area contributed by atoms with Crippen molar-refractivity contribution in [3.05, 3.63) is 46.2 Å². The van der Waals surface area contributed by atoms with E-state index in [2.05, 4.69) is 16.0 Å². The molecular formula is C23H28N2O2S. The molecule has 4 nitrogen and oxygen atoms in total. The van der Waals surface area contributed by atoms with Gasteiger partial charge < -0.3 is 5.11 Å². The van der Waals surface area contributed by atoms with Gasteiger partial charge in [-0.25, -0.2) is 4.98 Å². The van der Waals surface area contributed by atoms with Gasteiger partial charge in [-0.15, -0.1) is 11.3 Å². The molecule has 2 unspecified atom stereocenters. The summed E-state index contributed by atoms with van der Waals surface area (Å²) in [7, 11) is 0. The molecule has 1 N–H and O–H groups in total. The number of carbonyl (C=O) groups excluding carboxylic acids is 1. The van der Waals surface area contributed by atoms with E-state index >= 15 is 0 Å². The van der Waals surface area contributed by atoms with Gasteiger partial charge in [-0.05, 0) is 86.7 Å². The van der Waals surface area contributed by atoms with E-state index in [9.17, 15) is 9.90 Å². The summed E-state index contributed by atoms with van der Waals surface area (Å²) >= 11 is 1.62. The second-order valence-electron chi connectivity index (χ2n) is 9.33. The molecule has 2 aromatic rings. The monoisotopic (exact) mass is 396 g/mol. The highest BCUT2D eigenvalue weighted by Crippen LogP contribution is 2.59. The highest BCUT2D eigenvalue weighted by atomic mass is 32.1. The van der Waals surface area contributed by atoms with Crippen LogP contribution in [-0.4, -0.2) is 26.5 Å². The highest BCUT2D eigenvalue weighted by molar-refractivity contribution is 7.09. The van der Waals surface area contributed by atoms with Crippen molar-refractivity contribution in [2.45, 2.75) is 63.4 Å². The van der Waals surface area contributed by atoms with Crippen LogP contribution in [0.3, 0.4) is 0 Å². The molecule has 148 valence electrons. The number of rotatable bonds is 7. The predicted molar refractivity (Wildman–Crippen MR) is 109 cm³/mol. The molecule has 0 saturated heterocycles. The number of carbonyl (C=O) groups is 1. The van der Waals surface area contributed by atoms with Gasteiger partial charge in [0.05, 0.1) is 10.6 Å². The van der Waals surface area contributed by atoms with E-state index in [1.807, 2.05) is 17.6 Å². The molecule has 4 saturated carbocycles. The normalized spacial score (nSPS) is 33.3. The third kappa shape index (κ3) is 3.67. The number of pyridine rings is 1. The van der Waals surface area contributed by atoms with Crippen LogP contribution < -0.4 is 0 Å².